The fourth-order valence-corrected chi connectivity index (χ4v) is 4.06. The molecule has 4 aromatic heterocycles. The molecule has 0 radical (unpaired) electrons. The van der Waals surface area contributed by atoms with Crippen molar-refractivity contribution in [1.29, 1.82) is 0 Å². The number of aliphatic hydroxyl groups excluding tert-OH is 2. The van der Waals surface area contributed by atoms with Crippen molar-refractivity contribution in [1.82, 2.24) is 19.9 Å². The second kappa shape index (κ2) is 9.97. The van der Waals surface area contributed by atoms with E-state index in [1.54, 1.807) is 24.8 Å². The summed E-state index contributed by atoms with van der Waals surface area (Å²) in [6.45, 7) is 1.53. The Morgan fingerprint density at radius 2 is 2.13 bits per heavy atom. The molecule has 0 fully saturated rings. The van der Waals surface area contributed by atoms with Crippen molar-refractivity contribution in [3.63, 3.8) is 0 Å². The third-order valence-corrected chi connectivity index (χ3v) is 5.77. The molecule has 156 valence electrons. The molecular weight excluding hydrogens is 433 g/mol. The summed E-state index contributed by atoms with van der Waals surface area (Å²) in [5, 5.41) is 19.7. The Morgan fingerprint density at radius 3 is 2.87 bits per heavy atom. The Kier molecular flexibility index (Phi) is 6.87. The van der Waals surface area contributed by atoms with E-state index in [1.165, 1.54) is 22.9 Å². The van der Waals surface area contributed by atoms with Crippen LogP contribution in [0.2, 0.25) is 0 Å². The molecule has 0 aliphatic rings. The van der Waals surface area contributed by atoms with Crippen LogP contribution in [0.4, 0.5) is 5.82 Å². The van der Waals surface area contributed by atoms with Crippen LogP contribution in [-0.2, 0) is 0 Å². The molecular formula is C20H18BN5O3S2. The first kappa shape index (κ1) is 21.4. The molecule has 4 aromatic rings. The van der Waals surface area contributed by atoms with E-state index in [2.05, 4.69) is 24.9 Å². The standard InChI is InChI=1S/C20H18BN5O3S2/c1-12-5-6-13(9-23-12)29-16-8-14(30-17-4-2-3-7-22-17)10-24-19(16)26-20-25-18(21-31-20)15(28)11-27/h2-10,15,27-28H,11H2,1H3,(H,24,25,26). The predicted molar refractivity (Wildman–Crippen MR) is 119 cm³/mol. The van der Waals surface area contributed by atoms with Crippen molar-refractivity contribution in [2.45, 2.75) is 22.9 Å². The van der Waals surface area contributed by atoms with Gasteiger partial charge in [-0.15, -0.1) is 0 Å². The quantitative estimate of drug-likeness (QED) is 0.395. The first-order chi connectivity index (χ1) is 15.1. The topological polar surface area (TPSA) is 117 Å². The number of aromatic amines is 1. The molecule has 0 aliphatic carbocycles. The van der Waals surface area contributed by atoms with E-state index in [9.17, 15) is 5.11 Å². The first-order valence-electron chi connectivity index (χ1n) is 9.31. The molecule has 11 heteroatoms. The normalized spacial score (nSPS) is 12.5. The second-order valence-electron chi connectivity index (χ2n) is 6.43. The van der Waals surface area contributed by atoms with Gasteiger partial charge in [0.2, 0.25) is 0 Å². The van der Waals surface area contributed by atoms with Crippen molar-refractivity contribution in [3.8, 4) is 11.5 Å². The molecule has 1 unspecified atom stereocenters. The molecule has 0 spiro atoms. The number of hydrogen-bond acceptors (Lipinski definition) is 9. The number of nitrogens with one attached hydrogen (secondary N) is 1. The summed E-state index contributed by atoms with van der Waals surface area (Å²) >= 11 is 2.76. The Bertz CT molecular complexity index is 1220. The van der Waals surface area contributed by atoms with Crippen LogP contribution in [0.25, 0.3) is 0 Å². The zero-order valence-corrected chi connectivity index (χ0v) is 18.1. The van der Waals surface area contributed by atoms with Gasteiger partial charge in [0, 0.05) is 0 Å². The number of pyridine rings is 3. The van der Waals surface area contributed by atoms with Crippen molar-refractivity contribution >= 4 is 34.9 Å². The van der Waals surface area contributed by atoms with Crippen LogP contribution in [0.5, 0.6) is 11.5 Å². The van der Waals surface area contributed by atoms with Gasteiger partial charge < -0.3 is 0 Å². The molecule has 0 saturated carbocycles. The molecule has 0 amide bonds. The fraction of sp³-hybridized carbons (Fsp3) is 0.150. The summed E-state index contributed by atoms with van der Waals surface area (Å²) in [5.74, 6) is 1.39. The number of ether oxygens (including phenoxy) is 1. The average molecular weight is 451 g/mol. The minimum absolute atomic E-state index is 0.370. The number of nitrogens with zero attached hydrogens (tertiary/aromatic N) is 4. The molecule has 4 heterocycles. The van der Waals surface area contributed by atoms with Gasteiger partial charge in [-0.05, 0) is 0 Å². The van der Waals surface area contributed by atoms with Crippen LogP contribution >= 0.6 is 22.9 Å². The summed E-state index contributed by atoms with van der Waals surface area (Å²) in [7, 11) is 0. The number of aliphatic hydroxyl groups is 2. The van der Waals surface area contributed by atoms with Gasteiger partial charge in [-0.2, -0.15) is 0 Å². The van der Waals surface area contributed by atoms with E-state index < -0.39 is 6.10 Å². The summed E-state index contributed by atoms with van der Waals surface area (Å²) in [6, 6.07) is 11.2. The van der Waals surface area contributed by atoms with E-state index in [0.29, 0.717) is 27.7 Å². The van der Waals surface area contributed by atoms with E-state index in [1.807, 2.05) is 43.3 Å². The predicted octanol–water partition coefficient (Wildman–Crippen LogP) is 3.11. The number of aromatic nitrogens is 4. The van der Waals surface area contributed by atoms with Gasteiger partial charge in [-0.25, -0.2) is 0 Å². The third kappa shape index (κ3) is 5.64. The average Bonchev–Trinajstić information content (AvgIpc) is 3.26. The van der Waals surface area contributed by atoms with Gasteiger partial charge in [-0.1, -0.05) is 0 Å². The van der Waals surface area contributed by atoms with Crippen LogP contribution in [0.3, 0.4) is 0 Å². The van der Waals surface area contributed by atoms with Crippen LogP contribution < -0.4 is 9.54 Å². The third-order valence-electron chi connectivity index (χ3n) is 4.07. The van der Waals surface area contributed by atoms with Crippen molar-refractivity contribution < 1.29 is 14.9 Å². The number of H-pyrrole nitrogens is 1. The van der Waals surface area contributed by atoms with Crippen LogP contribution in [0.1, 0.15) is 17.4 Å². The van der Waals surface area contributed by atoms with Crippen molar-refractivity contribution in [2.24, 2.45) is 4.99 Å². The first-order valence-corrected chi connectivity index (χ1v) is 11.0. The monoisotopic (exact) mass is 451 g/mol. The Morgan fingerprint density at radius 1 is 1.23 bits per heavy atom. The van der Waals surface area contributed by atoms with Gasteiger partial charge in [-0.3, -0.25) is 0 Å². The molecule has 0 bridgehead atoms. The number of aryl methyl sites for hydroxylation is 1. The molecule has 0 saturated heterocycles. The molecule has 31 heavy (non-hydrogen) atoms. The molecule has 1 atom stereocenters. The summed E-state index contributed by atoms with van der Waals surface area (Å²) in [6.07, 6.45) is 5.80. The van der Waals surface area contributed by atoms with Crippen LogP contribution in [0.15, 0.2) is 69.9 Å². The Labute approximate surface area is 186 Å². The van der Waals surface area contributed by atoms with Crippen LogP contribution in [-0.4, -0.2) is 42.9 Å². The van der Waals surface area contributed by atoms with Crippen LogP contribution in [0, 0.1) is 6.92 Å². The molecule has 3 N–H and O–H groups in total. The van der Waals surface area contributed by atoms with Gasteiger partial charge in [0.25, 0.3) is 0 Å². The Hall–Kier alpha value is -2.86. The van der Waals surface area contributed by atoms with Gasteiger partial charge in [0.05, 0.1) is 0 Å². The zero-order chi connectivity index (χ0) is 21.6. The molecule has 0 aliphatic heterocycles. The summed E-state index contributed by atoms with van der Waals surface area (Å²) in [4.78, 5) is 21.9. The van der Waals surface area contributed by atoms with E-state index >= 15 is 0 Å². The summed E-state index contributed by atoms with van der Waals surface area (Å²) in [5.41, 5.74) is 1.37. The number of rotatable bonds is 7. The SMILES string of the molecule is Cc1ccc(Oc2cc(Sc3ccccn3)cnc2/N=c2/[nH]c(C(O)CO)bs2)cn1. The maximum absolute atomic E-state index is 9.78. The molecule has 4 rings (SSSR count). The number of hydrogen-bond donors (Lipinski definition) is 3. The molecule has 8 nitrogen and oxygen atoms in total. The van der Waals surface area contributed by atoms with Gasteiger partial charge in [0.1, 0.15) is 0 Å². The van der Waals surface area contributed by atoms with Crippen molar-refractivity contribution in [3.05, 3.63) is 71.1 Å². The van der Waals surface area contributed by atoms with E-state index in [0.717, 1.165) is 15.6 Å². The second-order valence-corrected chi connectivity index (χ2v) is 8.38. The minimum atomic E-state index is -0.986. The Balaban J connectivity index is 1.69. The maximum atomic E-state index is 9.78. The van der Waals surface area contributed by atoms with Gasteiger partial charge in [0.15, 0.2) is 0 Å². The fourth-order valence-electron chi connectivity index (χ4n) is 2.52. The molecule has 0 aromatic carbocycles. The van der Waals surface area contributed by atoms with Crippen molar-refractivity contribution in [2.75, 3.05) is 6.61 Å². The van der Waals surface area contributed by atoms with Gasteiger partial charge >= 0.3 is 187 Å². The van der Waals surface area contributed by atoms with E-state index in [4.69, 9.17) is 9.84 Å². The zero-order valence-electron chi connectivity index (χ0n) is 16.5. The van der Waals surface area contributed by atoms with E-state index in [-0.39, 0.29) is 6.61 Å². The summed E-state index contributed by atoms with van der Waals surface area (Å²) < 4.78 is 6.04.